The van der Waals surface area contributed by atoms with E-state index in [2.05, 4.69) is 28.4 Å². The summed E-state index contributed by atoms with van der Waals surface area (Å²) in [4.78, 5) is 14.9. The first-order valence-electron chi connectivity index (χ1n) is 10.4. The van der Waals surface area contributed by atoms with Gasteiger partial charge in [0.25, 0.3) is 0 Å². The molecule has 7 heteroatoms. The van der Waals surface area contributed by atoms with Crippen molar-refractivity contribution in [3.63, 3.8) is 0 Å². The molecule has 3 aromatic carbocycles. The van der Waals surface area contributed by atoms with E-state index in [0.717, 1.165) is 35.7 Å². The molecule has 1 aliphatic heterocycles. The second-order valence-electron chi connectivity index (χ2n) is 7.59. The lowest BCUT2D eigenvalue weighted by atomic mass is 10.1. The monoisotopic (exact) mass is 460 g/mol. The third-order valence-corrected chi connectivity index (χ3v) is 6.67. The molecule has 0 bridgehead atoms. The molecule has 4 aromatic rings. The van der Waals surface area contributed by atoms with E-state index in [-0.39, 0.29) is 5.91 Å². The summed E-state index contributed by atoms with van der Waals surface area (Å²) in [5.74, 6) is 1.20. The van der Waals surface area contributed by atoms with Gasteiger partial charge in [0.15, 0.2) is 5.16 Å². The van der Waals surface area contributed by atoms with Gasteiger partial charge in [0.2, 0.25) is 5.91 Å². The summed E-state index contributed by atoms with van der Waals surface area (Å²) in [7, 11) is 0. The molecule has 1 aliphatic rings. The molecule has 0 fully saturated rings. The van der Waals surface area contributed by atoms with Crippen LogP contribution in [0, 0.1) is 0 Å². The number of rotatable bonds is 6. The number of thioether (sulfide) groups is 1. The largest absolute Gasteiger partial charge is 0.311 e. The third kappa shape index (κ3) is 4.29. The summed E-state index contributed by atoms with van der Waals surface area (Å²) < 4.78 is 2.01. The number of hydrogen-bond donors (Lipinski definition) is 0. The lowest BCUT2D eigenvalue weighted by Crippen LogP contribution is -2.30. The van der Waals surface area contributed by atoms with Crippen molar-refractivity contribution in [1.82, 2.24) is 14.8 Å². The van der Waals surface area contributed by atoms with Crippen LogP contribution in [0.3, 0.4) is 0 Å². The van der Waals surface area contributed by atoms with Crippen LogP contribution in [-0.2, 0) is 17.6 Å². The zero-order valence-corrected chi connectivity index (χ0v) is 18.9. The van der Waals surface area contributed by atoms with Gasteiger partial charge in [0.1, 0.15) is 5.82 Å². The fourth-order valence-corrected chi connectivity index (χ4v) is 4.91. The van der Waals surface area contributed by atoms with E-state index in [4.69, 9.17) is 11.6 Å². The molecule has 1 amide bonds. The van der Waals surface area contributed by atoms with Crippen LogP contribution in [0.5, 0.6) is 0 Å². The van der Waals surface area contributed by atoms with Gasteiger partial charge in [-0.15, -0.1) is 10.2 Å². The van der Waals surface area contributed by atoms with E-state index in [1.54, 1.807) is 0 Å². The molecule has 0 radical (unpaired) electrons. The first-order chi connectivity index (χ1) is 15.7. The number of nitrogens with zero attached hydrogens (tertiary/aromatic N) is 4. The van der Waals surface area contributed by atoms with Crippen LogP contribution in [0.25, 0.3) is 5.69 Å². The maximum absolute atomic E-state index is 13.0. The van der Waals surface area contributed by atoms with Crippen LogP contribution in [0.1, 0.15) is 17.0 Å². The van der Waals surface area contributed by atoms with Gasteiger partial charge >= 0.3 is 0 Å². The van der Waals surface area contributed by atoms with Crippen LogP contribution in [-0.4, -0.2) is 33.0 Å². The van der Waals surface area contributed by atoms with E-state index < -0.39 is 0 Å². The number of carbonyl (C=O) groups excluding carboxylic acids is 1. The lowest BCUT2D eigenvalue weighted by Gasteiger charge is -2.17. The summed E-state index contributed by atoms with van der Waals surface area (Å²) in [5, 5.41) is 10.2. The molecule has 32 heavy (non-hydrogen) atoms. The number of fused-ring (bicyclic) bond motifs is 1. The Morgan fingerprint density at radius 1 is 0.938 bits per heavy atom. The first kappa shape index (κ1) is 20.8. The standard InChI is InChI=1S/C25H21ClN4OS/c26-20-10-12-21(13-11-20)30-23(16-18-6-2-1-3-7-18)27-28-25(30)32-17-24(31)29-15-14-19-8-4-5-9-22(19)29/h1-13H,14-17H2. The fraction of sp³-hybridized carbons (Fsp3) is 0.160. The Balaban J connectivity index is 1.40. The van der Waals surface area contributed by atoms with E-state index in [9.17, 15) is 4.79 Å². The number of hydrogen-bond acceptors (Lipinski definition) is 4. The number of amides is 1. The highest BCUT2D eigenvalue weighted by Crippen LogP contribution is 2.30. The quantitative estimate of drug-likeness (QED) is 0.371. The van der Waals surface area contributed by atoms with Crippen molar-refractivity contribution >= 4 is 35.0 Å². The van der Waals surface area contributed by atoms with E-state index >= 15 is 0 Å². The van der Waals surface area contributed by atoms with Gasteiger partial charge in [0, 0.05) is 29.4 Å². The molecule has 5 nitrogen and oxygen atoms in total. The van der Waals surface area contributed by atoms with Gasteiger partial charge in [-0.3, -0.25) is 9.36 Å². The predicted molar refractivity (Wildman–Crippen MR) is 129 cm³/mol. The van der Waals surface area contributed by atoms with Gasteiger partial charge in [0.05, 0.1) is 5.75 Å². The van der Waals surface area contributed by atoms with Gasteiger partial charge < -0.3 is 4.90 Å². The number of benzene rings is 3. The van der Waals surface area contributed by atoms with Crippen LogP contribution < -0.4 is 4.90 Å². The summed E-state index contributed by atoms with van der Waals surface area (Å²) in [5.41, 5.74) is 4.31. The second kappa shape index (κ2) is 9.18. The van der Waals surface area contributed by atoms with Crippen molar-refractivity contribution in [3.8, 4) is 5.69 Å². The first-order valence-corrected chi connectivity index (χ1v) is 11.8. The highest BCUT2D eigenvalue weighted by Gasteiger charge is 2.25. The molecule has 2 heterocycles. The Labute approximate surface area is 196 Å². The van der Waals surface area contributed by atoms with E-state index in [1.807, 2.05) is 70.1 Å². The number of aromatic nitrogens is 3. The summed E-state index contributed by atoms with van der Waals surface area (Å²) in [6, 6.07) is 25.9. The van der Waals surface area contributed by atoms with Crippen LogP contribution in [0.15, 0.2) is 84.0 Å². The molecule has 0 unspecified atom stereocenters. The van der Waals surface area contributed by atoms with Crippen molar-refractivity contribution in [1.29, 1.82) is 0 Å². The Morgan fingerprint density at radius 2 is 1.69 bits per heavy atom. The minimum Gasteiger partial charge on any atom is -0.311 e. The average molecular weight is 461 g/mol. The molecule has 0 aliphatic carbocycles. The van der Waals surface area contributed by atoms with Crippen LogP contribution in [0.4, 0.5) is 5.69 Å². The maximum atomic E-state index is 13.0. The molecule has 0 N–H and O–H groups in total. The van der Waals surface area contributed by atoms with Crippen molar-refractivity contribution in [2.45, 2.75) is 18.0 Å². The van der Waals surface area contributed by atoms with E-state index in [0.29, 0.717) is 22.4 Å². The molecule has 0 atom stereocenters. The number of halogens is 1. The molecule has 0 saturated carbocycles. The molecule has 1 aromatic heterocycles. The second-order valence-corrected chi connectivity index (χ2v) is 8.96. The molecule has 0 spiro atoms. The van der Waals surface area contributed by atoms with Gasteiger partial charge in [-0.1, -0.05) is 71.9 Å². The summed E-state index contributed by atoms with van der Waals surface area (Å²) in [6.07, 6.45) is 1.54. The zero-order chi connectivity index (χ0) is 21.9. The third-order valence-electron chi connectivity index (χ3n) is 5.50. The smallest absolute Gasteiger partial charge is 0.237 e. The molecule has 0 saturated heterocycles. The minimum atomic E-state index is 0.0789. The van der Waals surface area contributed by atoms with Crippen molar-refractivity contribution < 1.29 is 4.79 Å². The average Bonchev–Trinajstić information content (AvgIpc) is 3.43. The fourth-order valence-electron chi connectivity index (χ4n) is 3.94. The topological polar surface area (TPSA) is 51.0 Å². The molecular formula is C25H21ClN4OS. The maximum Gasteiger partial charge on any atom is 0.237 e. The molecule has 160 valence electrons. The van der Waals surface area contributed by atoms with Crippen molar-refractivity contribution in [2.24, 2.45) is 0 Å². The highest BCUT2D eigenvalue weighted by atomic mass is 35.5. The van der Waals surface area contributed by atoms with Crippen LogP contribution in [0.2, 0.25) is 5.02 Å². The Kier molecular flexibility index (Phi) is 5.97. The van der Waals surface area contributed by atoms with Crippen LogP contribution >= 0.6 is 23.4 Å². The Morgan fingerprint density at radius 3 is 2.50 bits per heavy atom. The molecule has 5 rings (SSSR count). The highest BCUT2D eigenvalue weighted by molar-refractivity contribution is 7.99. The molecular weight excluding hydrogens is 440 g/mol. The number of anilines is 1. The summed E-state index contributed by atoms with van der Waals surface area (Å²) in [6.45, 7) is 0.724. The lowest BCUT2D eigenvalue weighted by molar-refractivity contribution is -0.116. The zero-order valence-electron chi connectivity index (χ0n) is 17.3. The normalized spacial score (nSPS) is 12.7. The SMILES string of the molecule is O=C(CSc1nnc(Cc2ccccc2)n1-c1ccc(Cl)cc1)N1CCc2ccccc21. The van der Waals surface area contributed by atoms with Gasteiger partial charge in [-0.05, 0) is 47.9 Å². The summed E-state index contributed by atoms with van der Waals surface area (Å²) >= 11 is 7.52. The predicted octanol–water partition coefficient (Wildman–Crippen LogP) is 5.19. The Bertz CT molecular complexity index is 1240. The number of carbonyl (C=O) groups is 1. The van der Waals surface area contributed by atoms with Crippen molar-refractivity contribution in [2.75, 3.05) is 17.2 Å². The van der Waals surface area contributed by atoms with E-state index in [1.165, 1.54) is 17.3 Å². The Hall–Kier alpha value is -3.09. The van der Waals surface area contributed by atoms with Gasteiger partial charge in [-0.2, -0.15) is 0 Å². The van der Waals surface area contributed by atoms with Crippen molar-refractivity contribution in [3.05, 3.63) is 101 Å². The minimum absolute atomic E-state index is 0.0789. The van der Waals surface area contributed by atoms with Gasteiger partial charge in [-0.25, -0.2) is 0 Å². The number of para-hydroxylation sites is 1.